The van der Waals surface area contributed by atoms with Gasteiger partial charge in [-0.1, -0.05) is 15.9 Å². The van der Waals surface area contributed by atoms with E-state index in [4.69, 9.17) is 0 Å². The molecule has 0 atom stereocenters. The molecule has 0 fully saturated rings. The average Bonchev–Trinajstić information content (AvgIpc) is 2.75. The smallest absolute Gasteiger partial charge is 0.274 e. The summed E-state index contributed by atoms with van der Waals surface area (Å²) in [5.74, 6) is -0.149. The Hall–Kier alpha value is -2.55. The number of halogens is 1. The predicted octanol–water partition coefficient (Wildman–Crippen LogP) is 2.84. The summed E-state index contributed by atoms with van der Waals surface area (Å²) in [4.78, 5) is 16.6. The summed E-state index contributed by atoms with van der Waals surface area (Å²) in [5.41, 5.74) is 0.834. The SMILES string of the molecule is Cc1nnc(N=Nc2c(O)[nH]c3ccc(Br)cc23)[nH]c1=O. The van der Waals surface area contributed by atoms with E-state index in [0.29, 0.717) is 10.9 Å². The maximum atomic E-state index is 11.4. The zero-order valence-corrected chi connectivity index (χ0v) is 12.3. The molecule has 106 valence electrons. The van der Waals surface area contributed by atoms with E-state index in [1.54, 1.807) is 12.1 Å². The Balaban J connectivity index is 2.06. The molecule has 0 aliphatic heterocycles. The Morgan fingerprint density at radius 2 is 2.05 bits per heavy atom. The van der Waals surface area contributed by atoms with Crippen LogP contribution in [-0.2, 0) is 0 Å². The van der Waals surface area contributed by atoms with Gasteiger partial charge in [0.1, 0.15) is 5.69 Å². The highest BCUT2D eigenvalue weighted by atomic mass is 79.9. The number of azo groups is 1. The molecular formula is C12H9BrN6O2. The number of fused-ring (bicyclic) bond motifs is 1. The quantitative estimate of drug-likeness (QED) is 0.616. The van der Waals surface area contributed by atoms with Crippen molar-refractivity contribution in [2.45, 2.75) is 6.92 Å². The molecule has 2 heterocycles. The molecule has 9 heteroatoms. The Morgan fingerprint density at radius 3 is 2.81 bits per heavy atom. The van der Waals surface area contributed by atoms with Gasteiger partial charge in [-0.15, -0.1) is 20.4 Å². The number of aromatic hydroxyl groups is 1. The molecule has 8 nitrogen and oxygen atoms in total. The minimum Gasteiger partial charge on any atom is -0.493 e. The van der Waals surface area contributed by atoms with Gasteiger partial charge in [0.15, 0.2) is 5.69 Å². The third-order valence-electron chi connectivity index (χ3n) is 2.81. The molecule has 0 amide bonds. The van der Waals surface area contributed by atoms with Gasteiger partial charge in [0, 0.05) is 9.86 Å². The molecule has 2 aromatic heterocycles. The maximum absolute atomic E-state index is 11.4. The third kappa shape index (κ3) is 2.55. The van der Waals surface area contributed by atoms with Gasteiger partial charge in [0.2, 0.25) is 5.88 Å². The molecule has 0 aliphatic rings. The Labute approximate surface area is 126 Å². The third-order valence-corrected chi connectivity index (χ3v) is 3.30. The van der Waals surface area contributed by atoms with Gasteiger partial charge in [-0.25, -0.2) is 0 Å². The van der Waals surface area contributed by atoms with Crippen LogP contribution in [0.3, 0.4) is 0 Å². The van der Waals surface area contributed by atoms with Gasteiger partial charge in [-0.3, -0.25) is 9.78 Å². The normalized spacial score (nSPS) is 11.5. The van der Waals surface area contributed by atoms with Crippen LogP contribution >= 0.6 is 15.9 Å². The number of aromatic nitrogens is 4. The average molecular weight is 349 g/mol. The van der Waals surface area contributed by atoms with Crippen LogP contribution in [0.5, 0.6) is 5.88 Å². The standard InChI is InChI=1S/C12H9BrN6O2/c1-5-10(20)15-12(18-16-5)19-17-9-7-4-6(13)2-3-8(7)14-11(9)21/h2-4,14,21H,1H3,(H,15,18,20). The summed E-state index contributed by atoms with van der Waals surface area (Å²) in [6.07, 6.45) is 0. The fourth-order valence-electron chi connectivity index (χ4n) is 1.76. The number of hydrogen-bond acceptors (Lipinski definition) is 6. The molecule has 3 N–H and O–H groups in total. The first-order chi connectivity index (χ1) is 10.0. The van der Waals surface area contributed by atoms with E-state index in [2.05, 4.69) is 46.3 Å². The van der Waals surface area contributed by atoms with Crippen LogP contribution in [-0.4, -0.2) is 25.3 Å². The lowest BCUT2D eigenvalue weighted by atomic mass is 10.2. The lowest BCUT2D eigenvalue weighted by Crippen LogP contribution is -2.12. The molecule has 0 unspecified atom stereocenters. The van der Waals surface area contributed by atoms with E-state index in [1.807, 2.05) is 6.07 Å². The monoisotopic (exact) mass is 348 g/mol. The van der Waals surface area contributed by atoms with Crippen LogP contribution < -0.4 is 5.56 Å². The summed E-state index contributed by atoms with van der Waals surface area (Å²) < 4.78 is 0.842. The number of nitrogens with zero attached hydrogens (tertiary/aromatic N) is 4. The van der Waals surface area contributed by atoms with Crippen molar-refractivity contribution in [1.29, 1.82) is 0 Å². The van der Waals surface area contributed by atoms with Crippen LogP contribution in [0, 0.1) is 6.92 Å². The molecule has 3 aromatic rings. The maximum Gasteiger partial charge on any atom is 0.274 e. The number of hydrogen-bond donors (Lipinski definition) is 3. The van der Waals surface area contributed by atoms with Crippen molar-refractivity contribution in [2.75, 3.05) is 0 Å². The first-order valence-electron chi connectivity index (χ1n) is 5.90. The van der Waals surface area contributed by atoms with Gasteiger partial charge in [0.05, 0.1) is 5.52 Å². The second-order valence-electron chi connectivity index (χ2n) is 4.28. The summed E-state index contributed by atoms with van der Waals surface area (Å²) >= 11 is 3.35. The largest absolute Gasteiger partial charge is 0.493 e. The molecule has 0 spiro atoms. The minimum atomic E-state index is -0.384. The molecule has 0 saturated heterocycles. The van der Waals surface area contributed by atoms with E-state index in [-0.39, 0.29) is 28.8 Å². The molecule has 3 rings (SSSR count). The lowest BCUT2D eigenvalue weighted by molar-refractivity contribution is 0.459. The molecule has 0 aliphatic carbocycles. The number of benzene rings is 1. The Kier molecular flexibility index (Phi) is 3.26. The number of nitrogens with one attached hydrogen (secondary N) is 2. The molecule has 0 radical (unpaired) electrons. The van der Waals surface area contributed by atoms with E-state index in [9.17, 15) is 9.90 Å². The van der Waals surface area contributed by atoms with Crippen LogP contribution in [0.1, 0.15) is 5.69 Å². The molecule has 0 saturated carbocycles. The van der Waals surface area contributed by atoms with Crippen LogP contribution in [0.15, 0.2) is 37.7 Å². The summed E-state index contributed by atoms with van der Waals surface area (Å²) in [6, 6.07) is 5.43. The zero-order valence-electron chi connectivity index (χ0n) is 10.8. The van der Waals surface area contributed by atoms with Gasteiger partial charge in [-0.2, -0.15) is 0 Å². The highest BCUT2D eigenvalue weighted by Gasteiger charge is 2.11. The molecule has 0 bridgehead atoms. The highest BCUT2D eigenvalue weighted by Crippen LogP contribution is 2.37. The van der Waals surface area contributed by atoms with Crippen molar-refractivity contribution in [3.05, 3.63) is 38.7 Å². The fraction of sp³-hybridized carbons (Fsp3) is 0.0833. The van der Waals surface area contributed by atoms with E-state index < -0.39 is 0 Å². The fourth-order valence-corrected chi connectivity index (χ4v) is 2.13. The van der Waals surface area contributed by atoms with Crippen molar-refractivity contribution in [3.8, 4) is 5.88 Å². The lowest BCUT2D eigenvalue weighted by Gasteiger charge is -1.94. The van der Waals surface area contributed by atoms with Crippen LogP contribution in [0.4, 0.5) is 11.6 Å². The van der Waals surface area contributed by atoms with Crippen molar-refractivity contribution < 1.29 is 5.11 Å². The van der Waals surface area contributed by atoms with E-state index in [1.165, 1.54) is 6.92 Å². The number of rotatable bonds is 2. The topological polar surface area (TPSA) is 119 Å². The summed E-state index contributed by atoms with van der Waals surface area (Å²) in [6.45, 7) is 1.54. The van der Waals surface area contributed by atoms with Crippen LogP contribution in [0.25, 0.3) is 10.9 Å². The molecular weight excluding hydrogens is 340 g/mol. The molecule has 21 heavy (non-hydrogen) atoms. The minimum absolute atomic E-state index is 0.0330. The predicted molar refractivity (Wildman–Crippen MR) is 79.2 cm³/mol. The highest BCUT2D eigenvalue weighted by molar-refractivity contribution is 9.10. The zero-order chi connectivity index (χ0) is 15.0. The van der Waals surface area contributed by atoms with E-state index >= 15 is 0 Å². The number of aromatic amines is 2. The number of H-pyrrole nitrogens is 2. The van der Waals surface area contributed by atoms with Crippen molar-refractivity contribution >= 4 is 38.5 Å². The number of aryl methyl sites for hydroxylation is 1. The second-order valence-corrected chi connectivity index (χ2v) is 5.19. The molecule has 1 aromatic carbocycles. The first kappa shape index (κ1) is 13.4. The Bertz CT molecular complexity index is 914. The van der Waals surface area contributed by atoms with Gasteiger partial charge < -0.3 is 10.1 Å². The van der Waals surface area contributed by atoms with E-state index in [0.717, 1.165) is 4.47 Å². The first-order valence-corrected chi connectivity index (χ1v) is 6.69. The summed E-state index contributed by atoms with van der Waals surface area (Å²) in [5, 5.41) is 25.6. The van der Waals surface area contributed by atoms with Crippen molar-refractivity contribution in [2.24, 2.45) is 10.2 Å². The van der Waals surface area contributed by atoms with Crippen molar-refractivity contribution in [3.63, 3.8) is 0 Å². The van der Waals surface area contributed by atoms with Gasteiger partial charge in [-0.05, 0) is 25.1 Å². The van der Waals surface area contributed by atoms with Gasteiger partial charge >= 0.3 is 0 Å². The Morgan fingerprint density at radius 1 is 1.24 bits per heavy atom. The van der Waals surface area contributed by atoms with Crippen LogP contribution in [0.2, 0.25) is 0 Å². The summed E-state index contributed by atoms with van der Waals surface area (Å²) in [7, 11) is 0. The van der Waals surface area contributed by atoms with Gasteiger partial charge in [0.25, 0.3) is 11.5 Å². The van der Waals surface area contributed by atoms with Crippen molar-refractivity contribution in [1.82, 2.24) is 20.2 Å². The second kappa shape index (κ2) is 5.09.